The first-order valence-electron chi connectivity index (χ1n) is 3.33. The molecule has 0 saturated carbocycles. The van der Waals surface area contributed by atoms with E-state index in [9.17, 15) is 9.59 Å². The zero-order valence-electron chi connectivity index (χ0n) is 6.71. The van der Waals surface area contributed by atoms with Crippen LogP contribution in [0.1, 0.15) is 20.8 Å². The van der Waals surface area contributed by atoms with Crippen molar-refractivity contribution >= 4 is 12.1 Å². The van der Waals surface area contributed by atoms with Crippen LogP contribution in [0.4, 0.5) is 4.79 Å². The Morgan fingerprint density at radius 3 is 2.00 bits per heavy atom. The smallest absolute Gasteiger partial charge is 0.418 e. The third-order valence-corrected chi connectivity index (χ3v) is 1.40. The van der Waals surface area contributed by atoms with E-state index in [1.54, 1.807) is 20.8 Å². The van der Waals surface area contributed by atoms with Crippen LogP contribution >= 0.6 is 0 Å². The molecule has 0 aromatic carbocycles. The van der Waals surface area contributed by atoms with Crippen molar-refractivity contribution in [1.29, 1.82) is 0 Å². The molecule has 1 rings (SSSR count). The van der Waals surface area contributed by atoms with Crippen molar-refractivity contribution < 1.29 is 19.1 Å². The molecule has 4 nitrogen and oxygen atoms in total. The summed E-state index contributed by atoms with van der Waals surface area (Å²) in [7, 11) is 0. The van der Waals surface area contributed by atoms with Gasteiger partial charge in [-0.1, -0.05) is 20.8 Å². The van der Waals surface area contributed by atoms with Gasteiger partial charge in [-0.2, -0.15) is 0 Å². The van der Waals surface area contributed by atoms with Crippen LogP contribution in [-0.4, -0.2) is 18.2 Å². The van der Waals surface area contributed by atoms with Crippen molar-refractivity contribution in [3.05, 3.63) is 0 Å². The van der Waals surface area contributed by atoms with E-state index >= 15 is 0 Å². The topological polar surface area (TPSA) is 52.6 Å². The summed E-state index contributed by atoms with van der Waals surface area (Å²) in [6.07, 6.45) is -1.65. The van der Waals surface area contributed by atoms with E-state index in [-0.39, 0.29) is 5.41 Å². The minimum Gasteiger partial charge on any atom is -0.418 e. The molecule has 1 atom stereocenters. The summed E-state index contributed by atoms with van der Waals surface area (Å²) in [5.41, 5.74) is -0.386. The van der Waals surface area contributed by atoms with Gasteiger partial charge in [0.2, 0.25) is 6.10 Å². The standard InChI is InChI=1S/C7H10O4/c1-7(2,3)4-5(8)11-6(9)10-4/h4H,1-3H3. The van der Waals surface area contributed by atoms with Crippen molar-refractivity contribution in [2.45, 2.75) is 26.9 Å². The monoisotopic (exact) mass is 158 g/mol. The van der Waals surface area contributed by atoms with Crippen molar-refractivity contribution in [2.75, 3.05) is 0 Å². The molecule has 1 saturated heterocycles. The number of carbonyl (C=O) groups is 2. The van der Waals surface area contributed by atoms with Gasteiger partial charge < -0.3 is 9.47 Å². The van der Waals surface area contributed by atoms with E-state index < -0.39 is 18.2 Å². The molecule has 1 fully saturated rings. The van der Waals surface area contributed by atoms with Gasteiger partial charge in [0.05, 0.1) is 0 Å². The van der Waals surface area contributed by atoms with Crippen LogP contribution in [0.5, 0.6) is 0 Å². The summed E-state index contributed by atoms with van der Waals surface area (Å²) in [5.74, 6) is -0.595. The van der Waals surface area contributed by atoms with Crippen molar-refractivity contribution in [1.82, 2.24) is 0 Å². The van der Waals surface area contributed by atoms with E-state index in [0.717, 1.165) is 0 Å². The number of carbonyl (C=O) groups excluding carboxylic acids is 2. The second kappa shape index (κ2) is 2.22. The Morgan fingerprint density at radius 1 is 1.27 bits per heavy atom. The summed E-state index contributed by atoms with van der Waals surface area (Å²) < 4.78 is 8.83. The molecule has 0 aliphatic carbocycles. The Bertz CT molecular complexity index is 201. The molecule has 0 spiro atoms. The van der Waals surface area contributed by atoms with Gasteiger partial charge in [-0.25, -0.2) is 9.59 Å². The summed E-state index contributed by atoms with van der Waals surface area (Å²) >= 11 is 0. The molecule has 0 amide bonds. The summed E-state index contributed by atoms with van der Waals surface area (Å²) in [4.78, 5) is 21.3. The van der Waals surface area contributed by atoms with Gasteiger partial charge >= 0.3 is 12.1 Å². The largest absolute Gasteiger partial charge is 0.517 e. The lowest BCUT2D eigenvalue weighted by atomic mass is 9.89. The number of ether oxygens (including phenoxy) is 2. The molecule has 0 aromatic heterocycles. The molecule has 0 radical (unpaired) electrons. The SMILES string of the molecule is CC(C)(C)C1OC(=O)OC1=O. The predicted molar refractivity (Wildman–Crippen MR) is 35.8 cm³/mol. The summed E-state index contributed by atoms with van der Waals surface area (Å²) in [5, 5.41) is 0. The second-order valence-electron chi connectivity index (χ2n) is 3.54. The van der Waals surface area contributed by atoms with Crippen molar-refractivity contribution in [3.8, 4) is 0 Å². The second-order valence-corrected chi connectivity index (χ2v) is 3.54. The van der Waals surface area contributed by atoms with Crippen LogP contribution in [0.2, 0.25) is 0 Å². The lowest BCUT2D eigenvalue weighted by Crippen LogP contribution is -2.31. The summed E-state index contributed by atoms with van der Waals surface area (Å²) in [6.45, 7) is 5.41. The Labute approximate surface area is 64.5 Å². The molecule has 1 unspecified atom stereocenters. The first-order valence-corrected chi connectivity index (χ1v) is 3.33. The minimum atomic E-state index is -0.894. The molecule has 0 bridgehead atoms. The average molecular weight is 158 g/mol. The number of rotatable bonds is 0. The fourth-order valence-corrected chi connectivity index (χ4v) is 0.834. The third kappa shape index (κ3) is 1.50. The molecule has 11 heavy (non-hydrogen) atoms. The number of cyclic esters (lactones) is 3. The molecule has 62 valence electrons. The van der Waals surface area contributed by atoms with E-state index in [4.69, 9.17) is 0 Å². The highest BCUT2D eigenvalue weighted by molar-refractivity contribution is 5.91. The zero-order valence-corrected chi connectivity index (χ0v) is 6.71. The highest BCUT2D eigenvalue weighted by Gasteiger charge is 2.43. The molecule has 4 heteroatoms. The lowest BCUT2D eigenvalue weighted by Gasteiger charge is -2.20. The highest BCUT2D eigenvalue weighted by atomic mass is 16.8. The van der Waals surface area contributed by atoms with Crippen LogP contribution in [0.3, 0.4) is 0 Å². The van der Waals surface area contributed by atoms with Crippen molar-refractivity contribution in [2.24, 2.45) is 5.41 Å². The first kappa shape index (κ1) is 8.04. The maximum absolute atomic E-state index is 10.9. The number of hydrogen-bond acceptors (Lipinski definition) is 4. The first-order chi connectivity index (χ1) is 4.91. The van der Waals surface area contributed by atoms with Crippen LogP contribution in [0.15, 0.2) is 0 Å². The molecule has 1 aliphatic rings. The average Bonchev–Trinajstić information content (AvgIpc) is 2.08. The fraction of sp³-hybridized carbons (Fsp3) is 0.714. The predicted octanol–water partition coefficient (Wildman–Crippen LogP) is 1.09. The third-order valence-electron chi connectivity index (χ3n) is 1.40. The van der Waals surface area contributed by atoms with Gasteiger partial charge in [0.15, 0.2) is 0 Å². The Kier molecular flexibility index (Phi) is 1.62. The van der Waals surface area contributed by atoms with Gasteiger partial charge in [-0.05, 0) is 0 Å². The van der Waals surface area contributed by atoms with Gasteiger partial charge in [-0.3, -0.25) is 0 Å². The van der Waals surface area contributed by atoms with Crippen LogP contribution < -0.4 is 0 Å². The Hall–Kier alpha value is -1.06. The molecular formula is C7H10O4. The van der Waals surface area contributed by atoms with E-state index in [0.29, 0.717) is 0 Å². The number of hydrogen-bond donors (Lipinski definition) is 0. The Morgan fingerprint density at radius 2 is 1.82 bits per heavy atom. The Balaban J connectivity index is 2.76. The van der Waals surface area contributed by atoms with Gasteiger partial charge in [0, 0.05) is 5.41 Å². The van der Waals surface area contributed by atoms with Gasteiger partial charge in [0.25, 0.3) is 0 Å². The molecule has 1 aliphatic heterocycles. The van der Waals surface area contributed by atoms with E-state index in [2.05, 4.69) is 9.47 Å². The van der Waals surface area contributed by atoms with Gasteiger partial charge in [-0.15, -0.1) is 0 Å². The van der Waals surface area contributed by atoms with Gasteiger partial charge in [0.1, 0.15) is 0 Å². The maximum atomic E-state index is 10.9. The molecular weight excluding hydrogens is 148 g/mol. The highest BCUT2D eigenvalue weighted by Crippen LogP contribution is 2.27. The lowest BCUT2D eigenvalue weighted by molar-refractivity contribution is -0.139. The maximum Gasteiger partial charge on any atom is 0.517 e. The van der Waals surface area contributed by atoms with E-state index in [1.807, 2.05) is 0 Å². The molecule has 0 N–H and O–H groups in total. The minimum absolute atomic E-state index is 0.386. The quantitative estimate of drug-likeness (QED) is 0.391. The molecule has 0 aromatic rings. The van der Waals surface area contributed by atoms with Crippen molar-refractivity contribution in [3.63, 3.8) is 0 Å². The molecule has 1 heterocycles. The van der Waals surface area contributed by atoms with Crippen LogP contribution in [0.25, 0.3) is 0 Å². The van der Waals surface area contributed by atoms with E-state index in [1.165, 1.54) is 0 Å². The fourth-order valence-electron chi connectivity index (χ4n) is 0.834. The zero-order chi connectivity index (χ0) is 8.65. The van der Waals surface area contributed by atoms with Crippen LogP contribution in [0, 0.1) is 5.41 Å². The van der Waals surface area contributed by atoms with Crippen LogP contribution in [-0.2, 0) is 14.3 Å². The normalized spacial score (nSPS) is 24.8. The number of esters is 1. The summed E-state index contributed by atoms with van der Waals surface area (Å²) in [6, 6.07) is 0.